The van der Waals surface area contributed by atoms with Crippen molar-refractivity contribution in [1.29, 1.82) is 0 Å². The molecule has 20 heavy (non-hydrogen) atoms. The highest BCUT2D eigenvalue weighted by atomic mass is 16.5. The van der Waals surface area contributed by atoms with Crippen molar-refractivity contribution in [2.24, 2.45) is 7.05 Å². The van der Waals surface area contributed by atoms with Gasteiger partial charge in [0.2, 0.25) is 0 Å². The minimum atomic E-state index is 0.112. The number of anilines is 2. The molecule has 0 bridgehead atoms. The molecule has 0 amide bonds. The van der Waals surface area contributed by atoms with Crippen molar-refractivity contribution >= 4 is 11.4 Å². The molecule has 1 aromatic carbocycles. The smallest absolute Gasteiger partial charge is 0.144 e. The van der Waals surface area contributed by atoms with Crippen molar-refractivity contribution in [3.8, 4) is 5.75 Å². The lowest BCUT2D eigenvalue weighted by atomic mass is 10.2. The van der Waals surface area contributed by atoms with Crippen molar-refractivity contribution in [1.82, 2.24) is 9.78 Å². The molecule has 0 aliphatic carbocycles. The van der Waals surface area contributed by atoms with Gasteiger partial charge in [0.1, 0.15) is 5.75 Å². The summed E-state index contributed by atoms with van der Waals surface area (Å²) >= 11 is 0. The topological polar surface area (TPSA) is 65.1 Å². The van der Waals surface area contributed by atoms with E-state index in [9.17, 15) is 0 Å². The SMILES string of the molecule is CC(C)Oc1cccc(NCCc2ccn(C)n2)c1N. The molecule has 5 nitrogen and oxygen atoms in total. The molecular formula is C15H22N4O. The van der Waals surface area contributed by atoms with Crippen molar-refractivity contribution < 1.29 is 4.74 Å². The lowest BCUT2D eigenvalue weighted by Gasteiger charge is -2.15. The number of aryl methyl sites for hydroxylation is 1. The molecule has 108 valence electrons. The Morgan fingerprint density at radius 1 is 1.35 bits per heavy atom. The lowest BCUT2D eigenvalue weighted by Crippen LogP contribution is -2.11. The molecule has 3 N–H and O–H groups in total. The summed E-state index contributed by atoms with van der Waals surface area (Å²) in [5.41, 5.74) is 8.73. The molecule has 0 aliphatic rings. The average molecular weight is 274 g/mol. The highest BCUT2D eigenvalue weighted by Gasteiger charge is 2.07. The van der Waals surface area contributed by atoms with Gasteiger partial charge in [-0.2, -0.15) is 5.10 Å². The second kappa shape index (κ2) is 6.32. The number of benzene rings is 1. The third-order valence-corrected chi connectivity index (χ3v) is 2.89. The molecule has 1 aromatic heterocycles. The molecule has 0 atom stereocenters. The number of nitrogens with zero attached hydrogens (tertiary/aromatic N) is 2. The van der Waals surface area contributed by atoms with E-state index < -0.39 is 0 Å². The van der Waals surface area contributed by atoms with E-state index in [1.165, 1.54) is 0 Å². The minimum absolute atomic E-state index is 0.112. The van der Waals surface area contributed by atoms with Gasteiger partial charge in [0.05, 0.1) is 23.2 Å². The van der Waals surface area contributed by atoms with Crippen LogP contribution in [0.15, 0.2) is 30.5 Å². The first-order chi connectivity index (χ1) is 9.56. The fraction of sp³-hybridized carbons (Fsp3) is 0.400. The Kier molecular flexibility index (Phi) is 4.50. The van der Waals surface area contributed by atoms with Gasteiger partial charge in [-0.25, -0.2) is 0 Å². The molecule has 0 saturated heterocycles. The number of nitrogen functional groups attached to an aromatic ring is 1. The summed E-state index contributed by atoms with van der Waals surface area (Å²) in [6, 6.07) is 7.81. The first kappa shape index (κ1) is 14.2. The standard InChI is InChI=1S/C15H22N4O/c1-11(2)20-14-6-4-5-13(15(14)16)17-9-7-12-8-10-19(3)18-12/h4-6,8,10-11,17H,7,9,16H2,1-3H3. The van der Waals surface area contributed by atoms with Crippen molar-refractivity contribution in [2.45, 2.75) is 26.4 Å². The maximum atomic E-state index is 6.11. The van der Waals surface area contributed by atoms with Gasteiger partial charge in [-0.3, -0.25) is 4.68 Å². The first-order valence-corrected chi connectivity index (χ1v) is 6.84. The largest absolute Gasteiger partial charge is 0.489 e. The summed E-state index contributed by atoms with van der Waals surface area (Å²) in [5.74, 6) is 0.725. The second-order valence-electron chi connectivity index (χ2n) is 5.04. The fourth-order valence-electron chi connectivity index (χ4n) is 1.98. The quantitative estimate of drug-likeness (QED) is 0.794. The molecule has 0 unspecified atom stereocenters. The molecule has 5 heteroatoms. The van der Waals surface area contributed by atoms with Gasteiger partial charge in [-0.1, -0.05) is 6.07 Å². The number of aromatic nitrogens is 2. The highest BCUT2D eigenvalue weighted by molar-refractivity contribution is 5.72. The zero-order chi connectivity index (χ0) is 14.5. The summed E-state index contributed by atoms with van der Waals surface area (Å²) in [7, 11) is 1.92. The van der Waals surface area contributed by atoms with E-state index in [1.807, 2.05) is 51.4 Å². The predicted octanol–water partition coefficient (Wildman–Crippen LogP) is 2.44. The van der Waals surface area contributed by atoms with E-state index in [4.69, 9.17) is 10.5 Å². The van der Waals surface area contributed by atoms with Crippen LogP contribution in [-0.2, 0) is 13.5 Å². The number of nitrogens with one attached hydrogen (secondary N) is 1. The number of hydrogen-bond donors (Lipinski definition) is 2. The van der Waals surface area contributed by atoms with Crippen molar-refractivity contribution in [2.75, 3.05) is 17.6 Å². The monoisotopic (exact) mass is 274 g/mol. The maximum Gasteiger partial charge on any atom is 0.144 e. The van der Waals surface area contributed by atoms with Crippen LogP contribution in [0, 0.1) is 0 Å². The van der Waals surface area contributed by atoms with Gasteiger partial charge in [-0.05, 0) is 32.0 Å². The number of ether oxygens (including phenoxy) is 1. The Hall–Kier alpha value is -2.17. The molecular weight excluding hydrogens is 252 g/mol. The Labute approximate surface area is 119 Å². The third-order valence-electron chi connectivity index (χ3n) is 2.89. The Bertz CT molecular complexity index is 563. The summed E-state index contributed by atoms with van der Waals surface area (Å²) in [4.78, 5) is 0. The summed E-state index contributed by atoms with van der Waals surface area (Å²) in [5, 5.41) is 7.67. The summed E-state index contributed by atoms with van der Waals surface area (Å²) in [6.07, 6.45) is 2.91. The van der Waals surface area contributed by atoms with E-state index in [0.717, 1.165) is 30.1 Å². The Morgan fingerprint density at radius 2 is 2.15 bits per heavy atom. The zero-order valence-electron chi connectivity index (χ0n) is 12.3. The number of hydrogen-bond acceptors (Lipinski definition) is 4. The molecule has 2 rings (SSSR count). The third kappa shape index (κ3) is 3.66. The van der Waals surface area contributed by atoms with Crippen LogP contribution >= 0.6 is 0 Å². The number of nitrogens with two attached hydrogens (primary N) is 1. The summed E-state index contributed by atoms with van der Waals surface area (Å²) in [6.45, 7) is 4.76. The van der Waals surface area contributed by atoms with E-state index in [1.54, 1.807) is 4.68 Å². The highest BCUT2D eigenvalue weighted by Crippen LogP contribution is 2.29. The van der Waals surface area contributed by atoms with E-state index in [0.29, 0.717) is 5.69 Å². The van der Waals surface area contributed by atoms with Gasteiger partial charge < -0.3 is 15.8 Å². The fourth-order valence-corrected chi connectivity index (χ4v) is 1.98. The molecule has 0 fully saturated rings. The van der Waals surface area contributed by atoms with Crippen LogP contribution in [0.1, 0.15) is 19.5 Å². The Balaban J connectivity index is 1.95. The average Bonchev–Trinajstić information content (AvgIpc) is 2.79. The van der Waals surface area contributed by atoms with Crippen LogP contribution in [0.4, 0.5) is 11.4 Å². The zero-order valence-corrected chi connectivity index (χ0v) is 12.3. The van der Waals surface area contributed by atoms with E-state index >= 15 is 0 Å². The van der Waals surface area contributed by atoms with Crippen LogP contribution in [-0.4, -0.2) is 22.4 Å². The maximum absolute atomic E-state index is 6.11. The normalized spacial score (nSPS) is 10.8. The number of rotatable bonds is 6. The van der Waals surface area contributed by atoms with Crippen LogP contribution in [0.2, 0.25) is 0 Å². The first-order valence-electron chi connectivity index (χ1n) is 6.84. The predicted molar refractivity (Wildman–Crippen MR) is 82.0 cm³/mol. The van der Waals surface area contributed by atoms with Crippen LogP contribution in [0.5, 0.6) is 5.75 Å². The van der Waals surface area contributed by atoms with E-state index in [-0.39, 0.29) is 6.10 Å². The van der Waals surface area contributed by atoms with Crippen molar-refractivity contribution in [3.05, 3.63) is 36.2 Å². The van der Waals surface area contributed by atoms with Gasteiger partial charge in [0.15, 0.2) is 0 Å². The minimum Gasteiger partial charge on any atom is -0.489 e. The van der Waals surface area contributed by atoms with E-state index in [2.05, 4.69) is 10.4 Å². The van der Waals surface area contributed by atoms with Gasteiger partial charge >= 0.3 is 0 Å². The van der Waals surface area contributed by atoms with Crippen LogP contribution < -0.4 is 15.8 Å². The van der Waals surface area contributed by atoms with Gasteiger partial charge in [0.25, 0.3) is 0 Å². The van der Waals surface area contributed by atoms with Crippen LogP contribution in [0.25, 0.3) is 0 Å². The second-order valence-corrected chi connectivity index (χ2v) is 5.04. The van der Waals surface area contributed by atoms with Crippen LogP contribution in [0.3, 0.4) is 0 Å². The lowest BCUT2D eigenvalue weighted by molar-refractivity contribution is 0.244. The Morgan fingerprint density at radius 3 is 2.80 bits per heavy atom. The molecule has 0 spiro atoms. The van der Waals surface area contributed by atoms with Gasteiger partial charge in [0, 0.05) is 26.2 Å². The van der Waals surface area contributed by atoms with Gasteiger partial charge in [-0.15, -0.1) is 0 Å². The molecule has 1 heterocycles. The molecule has 0 radical (unpaired) electrons. The summed E-state index contributed by atoms with van der Waals surface area (Å²) < 4.78 is 7.48. The molecule has 0 saturated carbocycles. The van der Waals surface area contributed by atoms with Crippen molar-refractivity contribution in [3.63, 3.8) is 0 Å². The molecule has 0 aliphatic heterocycles. The molecule has 2 aromatic rings. The number of para-hydroxylation sites is 1.